The van der Waals surface area contributed by atoms with E-state index in [0.29, 0.717) is 25.8 Å². The number of amides is 1. The van der Waals surface area contributed by atoms with Gasteiger partial charge in [0, 0.05) is 12.5 Å². The van der Waals surface area contributed by atoms with Gasteiger partial charge in [-0.1, -0.05) is 19.3 Å². The molecule has 5 nitrogen and oxygen atoms in total. The highest BCUT2D eigenvalue weighted by atomic mass is 16.4. The Morgan fingerprint density at radius 1 is 1.20 bits per heavy atom. The van der Waals surface area contributed by atoms with Crippen LogP contribution in [-0.4, -0.2) is 29.6 Å². The highest BCUT2D eigenvalue weighted by Crippen LogP contribution is 2.38. The third-order valence-electron chi connectivity index (χ3n) is 5.03. The minimum Gasteiger partial charge on any atom is -0.481 e. The Kier molecular flexibility index (Phi) is 5.02. The van der Waals surface area contributed by atoms with Gasteiger partial charge < -0.3 is 16.2 Å². The summed E-state index contributed by atoms with van der Waals surface area (Å²) in [6.07, 6.45) is 8.16. The van der Waals surface area contributed by atoms with Crippen LogP contribution in [0.4, 0.5) is 0 Å². The lowest BCUT2D eigenvalue weighted by atomic mass is 9.71. The second-order valence-corrected chi connectivity index (χ2v) is 6.55. The summed E-state index contributed by atoms with van der Waals surface area (Å²) in [7, 11) is 0. The molecule has 20 heavy (non-hydrogen) atoms. The standard InChI is InChI=1S/C15H26N2O3/c16-10-15(6-2-1-3-7-15)9-13(18)17-12-5-4-11(8-12)14(19)20/h11-12H,1-10,16H2,(H,17,18)(H,19,20). The van der Waals surface area contributed by atoms with Gasteiger partial charge in [0.1, 0.15) is 0 Å². The average molecular weight is 282 g/mol. The van der Waals surface area contributed by atoms with Crippen LogP contribution in [0.2, 0.25) is 0 Å². The van der Waals surface area contributed by atoms with Crippen molar-refractivity contribution < 1.29 is 14.7 Å². The molecule has 2 aliphatic rings. The zero-order valence-corrected chi connectivity index (χ0v) is 12.1. The summed E-state index contributed by atoms with van der Waals surface area (Å²) in [6.45, 7) is 0.572. The van der Waals surface area contributed by atoms with Crippen LogP contribution >= 0.6 is 0 Å². The normalized spacial score (nSPS) is 29.1. The van der Waals surface area contributed by atoms with E-state index in [9.17, 15) is 9.59 Å². The van der Waals surface area contributed by atoms with Crippen LogP contribution in [0.1, 0.15) is 57.8 Å². The maximum absolute atomic E-state index is 12.2. The number of carbonyl (C=O) groups excluding carboxylic acids is 1. The van der Waals surface area contributed by atoms with Gasteiger partial charge >= 0.3 is 5.97 Å². The number of hydrogen-bond acceptors (Lipinski definition) is 3. The molecule has 2 unspecified atom stereocenters. The maximum Gasteiger partial charge on any atom is 0.306 e. The minimum atomic E-state index is -0.743. The fourth-order valence-corrected chi connectivity index (χ4v) is 3.71. The van der Waals surface area contributed by atoms with Crippen molar-refractivity contribution in [3.63, 3.8) is 0 Å². The molecule has 2 fully saturated rings. The Labute approximate surface area is 120 Å². The van der Waals surface area contributed by atoms with Gasteiger partial charge in [0.2, 0.25) is 5.91 Å². The first-order valence-corrected chi connectivity index (χ1v) is 7.77. The first kappa shape index (κ1) is 15.3. The summed E-state index contributed by atoms with van der Waals surface area (Å²) in [4.78, 5) is 23.1. The van der Waals surface area contributed by atoms with E-state index in [1.807, 2.05) is 0 Å². The van der Waals surface area contributed by atoms with Gasteiger partial charge in [-0.15, -0.1) is 0 Å². The molecule has 0 saturated heterocycles. The minimum absolute atomic E-state index is 0.0207. The van der Waals surface area contributed by atoms with E-state index >= 15 is 0 Å². The van der Waals surface area contributed by atoms with Crippen molar-refractivity contribution in [2.24, 2.45) is 17.1 Å². The smallest absolute Gasteiger partial charge is 0.306 e. The molecule has 0 aromatic rings. The van der Waals surface area contributed by atoms with Crippen LogP contribution in [0.5, 0.6) is 0 Å². The van der Waals surface area contributed by atoms with Crippen molar-refractivity contribution in [2.45, 2.75) is 63.8 Å². The molecule has 1 amide bonds. The Bertz CT molecular complexity index is 364. The molecule has 114 valence electrons. The zero-order valence-electron chi connectivity index (χ0n) is 12.1. The van der Waals surface area contributed by atoms with Crippen molar-refractivity contribution >= 4 is 11.9 Å². The molecule has 5 heteroatoms. The van der Waals surface area contributed by atoms with Crippen LogP contribution in [0.25, 0.3) is 0 Å². The molecular formula is C15H26N2O3. The second kappa shape index (κ2) is 6.57. The largest absolute Gasteiger partial charge is 0.481 e. The van der Waals surface area contributed by atoms with Crippen molar-refractivity contribution in [2.75, 3.05) is 6.54 Å². The van der Waals surface area contributed by atoms with Gasteiger partial charge in [0.15, 0.2) is 0 Å². The molecular weight excluding hydrogens is 256 g/mol. The third kappa shape index (κ3) is 3.72. The molecule has 2 aliphatic carbocycles. The fourth-order valence-electron chi connectivity index (χ4n) is 3.71. The Hall–Kier alpha value is -1.10. The van der Waals surface area contributed by atoms with Crippen LogP contribution in [0, 0.1) is 11.3 Å². The Balaban J connectivity index is 1.81. The number of aliphatic carboxylic acids is 1. The van der Waals surface area contributed by atoms with Gasteiger partial charge in [0.25, 0.3) is 0 Å². The third-order valence-corrected chi connectivity index (χ3v) is 5.03. The number of hydrogen-bond donors (Lipinski definition) is 3. The molecule has 0 bridgehead atoms. The first-order valence-electron chi connectivity index (χ1n) is 7.77. The first-order chi connectivity index (χ1) is 9.54. The number of nitrogens with one attached hydrogen (secondary N) is 1. The Morgan fingerprint density at radius 2 is 1.90 bits per heavy atom. The number of carboxylic acid groups (broad SMARTS) is 1. The molecule has 4 N–H and O–H groups in total. The topological polar surface area (TPSA) is 92.4 Å². The molecule has 2 atom stereocenters. The van der Waals surface area contributed by atoms with E-state index in [0.717, 1.165) is 32.1 Å². The van der Waals surface area contributed by atoms with Gasteiger partial charge in [-0.3, -0.25) is 9.59 Å². The highest BCUT2D eigenvalue weighted by Gasteiger charge is 2.35. The summed E-state index contributed by atoms with van der Waals surface area (Å²) in [5.74, 6) is -0.987. The summed E-state index contributed by atoms with van der Waals surface area (Å²) >= 11 is 0. The molecule has 2 rings (SSSR count). The van der Waals surface area contributed by atoms with Gasteiger partial charge in [-0.25, -0.2) is 0 Å². The molecule has 0 aromatic carbocycles. The summed E-state index contributed by atoms with van der Waals surface area (Å²) in [5, 5.41) is 12.0. The summed E-state index contributed by atoms with van der Waals surface area (Å²) < 4.78 is 0. The van der Waals surface area contributed by atoms with Crippen LogP contribution in [-0.2, 0) is 9.59 Å². The van der Waals surface area contributed by atoms with E-state index in [2.05, 4.69) is 5.32 Å². The lowest BCUT2D eigenvalue weighted by Gasteiger charge is -2.36. The van der Waals surface area contributed by atoms with Crippen LogP contribution in [0.3, 0.4) is 0 Å². The quantitative estimate of drug-likeness (QED) is 0.715. The van der Waals surface area contributed by atoms with E-state index in [-0.39, 0.29) is 23.3 Å². The van der Waals surface area contributed by atoms with E-state index in [4.69, 9.17) is 10.8 Å². The van der Waals surface area contributed by atoms with Crippen molar-refractivity contribution in [3.8, 4) is 0 Å². The van der Waals surface area contributed by atoms with Gasteiger partial charge in [-0.05, 0) is 44.1 Å². The predicted octanol–water partition coefficient (Wildman–Crippen LogP) is 1.66. The lowest BCUT2D eigenvalue weighted by Crippen LogP contribution is -2.41. The molecule has 0 spiro atoms. The fraction of sp³-hybridized carbons (Fsp3) is 0.867. The number of nitrogens with two attached hydrogens (primary N) is 1. The van der Waals surface area contributed by atoms with Gasteiger partial charge in [0.05, 0.1) is 5.92 Å². The molecule has 0 radical (unpaired) electrons. The SMILES string of the molecule is NCC1(CC(=O)NC2CCC(C(=O)O)C2)CCCCC1. The number of carboxylic acids is 1. The second-order valence-electron chi connectivity index (χ2n) is 6.55. The monoisotopic (exact) mass is 282 g/mol. The summed E-state index contributed by atoms with van der Waals surface area (Å²) in [6, 6.07) is 0.0296. The van der Waals surface area contributed by atoms with Crippen molar-refractivity contribution in [1.29, 1.82) is 0 Å². The van der Waals surface area contributed by atoms with E-state index in [1.165, 1.54) is 6.42 Å². The molecule has 0 aliphatic heterocycles. The van der Waals surface area contributed by atoms with E-state index < -0.39 is 5.97 Å². The van der Waals surface area contributed by atoms with Gasteiger partial charge in [-0.2, -0.15) is 0 Å². The average Bonchev–Trinajstić information content (AvgIpc) is 2.88. The molecule has 2 saturated carbocycles. The van der Waals surface area contributed by atoms with Crippen LogP contribution in [0.15, 0.2) is 0 Å². The molecule has 0 heterocycles. The van der Waals surface area contributed by atoms with E-state index in [1.54, 1.807) is 0 Å². The maximum atomic E-state index is 12.2. The summed E-state index contributed by atoms with van der Waals surface area (Å²) in [5.41, 5.74) is 5.88. The lowest BCUT2D eigenvalue weighted by molar-refractivity contribution is -0.141. The number of rotatable bonds is 5. The highest BCUT2D eigenvalue weighted by molar-refractivity contribution is 5.77. The Morgan fingerprint density at radius 3 is 2.45 bits per heavy atom. The van der Waals surface area contributed by atoms with Crippen molar-refractivity contribution in [3.05, 3.63) is 0 Å². The van der Waals surface area contributed by atoms with Crippen molar-refractivity contribution in [1.82, 2.24) is 5.32 Å². The predicted molar refractivity (Wildman–Crippen MR) is 76.1 cm³/mol. The zero-order chi connectivity index (χ0) is 14.6. The number of carbonyl (C=O) groups is 2. The molecule has 0 aromatic heterocycles. The van der Waals surface area contributed by atoms with Crippen LogP contribution < -0.4 is 11.1 Å².